The van der Waals surface area contributed by atoms with Gasteiger partial charge in [-0.15, -0.1) is 0 Å². The van der Waals surface area contributed by atoms with Gasteiger partial charge in [-0.1, -0.05) is 12.2 Å². The van der Waals surface area contributed by atoms with E-state index < -0.39 is 17.8 Å². The van der Waals surface area contributed by atoms with Crippen LogP contribution in [-0.2, 0) is 32.6 Å². The number of carboxylic acids is 1. The van der Waals surface area contributed by atoms with Crippen molar-refractivity contribution in [1.29, 1.82) is 0 Å². The van der Waals surface area contributed by atoms with E-state index in [-0.39, 0.29) is 55.6 Å². The Morgan fingerprint density at radius 2 is 1.35 bits per heavy atom. The summed E-state index contributed by atoms with van der Waals surface area (Å²) in [6.07, 6.45) is 4.01. The number of hydrogen-bond donors (Lipinski definition) is 3. The molecule has 17 nitrogen and oxygen atoms in total. The molecule has 1 aliphatic rings. The Kier molecular flexibility index (Phi) is 9.92. The molecule has 6 aromatic rings. The number of carbonyl (C=O) groups excluding carboxylic acids is 3. The van der Waals surface area contributed by atoms with Gasteiger partial charge in [0, 0.05) is 38.2 Å². The maximum atomic E-state index is 13.7. The zero-order valence-corrected chi connectivity index (χ0v) is 30.8. The zero-order chi connectivity index (χ0) is 39.0. The van der Waals surface area contributed by atoms with Crippen molar-refractivity contribution in [1.82, 2.24) is 38.7 Å². The summed E-state index contributed by atoms with van der Waals surface area (Å²) in [5.74, 6) is -1.21. The third kappa shape index (κ3) is 7.15. The minimum Gasteiger partial charge on any atom is -0.491 e. The number of primary amides is 1. The standard InChI is InChI=1S/C38H40N10O7/c1-5-47-27(14-21(3)43-47)29(49)20-32-40-25-17-24(37(52)53)19-31-33(25)45(32)10-7-8-11-46-34-26(16-23(35(39)50)18-30(34)54-12-9-13-55-31)41-38(46)42-36(51)28-15-22(4)44-48(28)6-2/h7-8,14-19H,5-6,9-13,20H2,1-4H3,(H2,39,50)(H,52,53)(H,41,42,51)/b8-7+. The number of aryl methyl sites for hydroxylation is 4. The van der Waals surface area contributed by atoms with Crippen molar-refractivity contribution in [2.75, 3.05) is 18.5 Å². The number of hydrogen-bond acceptors (Lipinski definition) is 10. The first-order valence-electron chi connectivity index (χ1n) is 17.9. The fourth-order valence-corrected chi connectivity index (χ4v) is 6.76. The van der Waals surface area contributed by atoms with Crippen LogP contribution in [0.15, 0.2) is 48.6 Å². The van der Waals surface area contributed by atoms with E-state index in [0.717, 1.165) is 0 Å². The maximum absolute atomic E-state index is 13.7. The number of benzene rings is 2. The van der Waals surface area contributed by atoms with Crippen molar-refractivity contribution in [3.63, 3.8) is 0 Å². The second kappa shape index (κ2) is 14.9. The average Bonchev–Trinajstić information content (AvgIpc) is 3.91. The number of nitrogens with zero attached hydrogens (tertiary/aromatic N) is 8. The van der Waals surface area contributed by atoms with Crippen LogP contribution in [0.4, 0.5) is 5.95 Å². The smallest absolute Gasteiger partial charge is 0.335 e. The molecule has 0 radical (unpaired) electrons. The summed E-state index contributed by atoms with van der Waals surface area (Å²) in [6.45, 7) is 9.12. The number of allylic oxidation sites excluding steroid dienone is 2. The van der Waals surface area contributed by atoms with Gasteiger partial charge in [-0.3, -0.25) is 29.1 Å². The van der Waals surface area contributed by atoms with Crippen LogP contribution in [0.3, 0.4) is 0 Å². The zero-order valence-electron chi connectivity index (χ0n) is 30.8. The van der Waals surface area contributed by atoms with Crippen LogP contribution < -0.4 is 20.5 Å². The minimum atomic E-state index is -1.15. The summed E-state index contributed by atoms with van der Waals surface area (Å²) in [5.41, 5.74) is 9.85. The number of amides is 2. The lowest BCUT2D eigenvalue weighted by Crippen LogP contribution is -2.20. The summed E-state index contributed by atoms with van der Waals surface area (Å²) in [4.78, 5) is 61.3. The topological polar surface area (TPSA) is 216 Å². The van der Waals surface area contributed by atoms with E-state index in [4.69, 9.17) is 25.2 Å². The number of ketones is 1. The normalized spacial score (nSPS) is 13.8. The third-order valence-electron chi connectivity index (χ3n) is 9.24. The van der Waals surface area contributed by atoms with E-state index in [1.807, 2.05) is 37.5 Å². The first-order valence-corrected chi connectivity index (χ1v) is 17.9. The summed E-state index contributed by atoms with van der Waals surface area (Å²) in [6, 6.07) is 9.43. The van der Waals surface area contributed by atoms with Crippen LogP contribution in [0, 0.1) is 13.8 Å². The van der Waals surface area contributed by atoms with Crippen LogP contribution in [0.2, 0.25) is 0 Å². The molecule has 0 spiro atoms. The molecule has 0 aliphatic carbocycles. The van der Waals surface area contributed by atoms with E-state index in [1.54, 1.807) is 45.1 Å². The number of aromatic carboxylic acids is 1. The molecular weight excluding hydrogens is 708 g/mol. The molecule has 0 bridgehead atoms. The van der Waals surface area contributed by atoms with E-state index in [1.165, 1.54) is 12.1 Å². The van der Waals surface area contributed by atoms with Crippen molar-refractivity contribution in [2.45, 2.75) is 66.7 Å². The number of carbonyl (C=O) groups is 4. The first-order chi connectivity index (χ1) is 26.4. The molecule has 2 aromatic carbocycles. The molecule has 0 fully saturated rings. The van der Waals surface area contributed by atoms with Gasteiger partial charge in [0.15, 0.2) is 5.78 Å². The molecule has 17 heteroatoms. The third-order valence-corrected chi connectivity index (χ3v) is 9.24. The van der Waals surface area contributed by atoms with E-state index in [0.29, 0.717) is 81.7 Å². The van der Waals surface area contributed by atoms with Crippen LogP contribution >= 0.6 is 0 Å². The number of anilines is 1. The van der Waals surface area contributed by atoms with Gasteiger partial charge in [0.2, 0.25) is 11.9 Å². The first kappa shape index (κ1) is 36.6. The van der Waals surface area contributed by atoms with Gasteiger partial charge in [0.25, 0.3) is 5.91 Å². The molecule has 7 rings (SSSR count). The van der Waals surface area contributed by atoms with E-state index in [2.05, 4.69) is 15.5 Å². The van der Waals surface area contributed by atoms with E-state index >= 15 is 0 Å². The van der Waals surface area contributed by atoms with Gasteiger partial charge in [-0.05, 0) is 64.1 Å². The number of nitrogens with two attached hydrogens (primary N) is 1. The average molecular weight is 749 g/mol. The molecule has 1 aliphatic heterocycles. The Morgan fingerprint density at radius 3 is 1.98 bits per heavy atom. The molecule has 4 aromatic heterocycles. The van der Waals surface area contributed by atoms with Crippen LogP contribution in [-0.4, -0.2) is 80.6 Å². The van der Waals surface area contributed by atoms with Crippen molar-refractivity contribution in [3.05, 3.63) is 88.3 Å². The van der Waals surface area contributed by atoms with E-state index in [9.17, 15) is 24.3 Å². The SMILES string of the molecule is CCn1nc(C)cc1C(=O)Cc1nc2cc(C(=O)O)cc3c2n1C/C=C/Cn1c(NC(=O)c2cc(C)nn2CC)nc2cc(C(N)=O)cc(c21)OCCCO3. The summed E-state index contributed by atoms with van der Waals surface area (Å²) in [7, 11) is 0. The number of nitrogens with one attached hydrogen (secondary N) is 1. The Balaban J connectivity index is 1.32. The number of rotatable bonds is 9. The minimum absolute atomic E-state index is 0.0151. The monoisotopic (exact) mass is 748 g/mol. The highest BCUT2D eigenvalue weighted by atomic mass is 16.5. The highest BCUT2D eigenvalue weighted by Gasteiger charge is 2.24. The van der Waals surface area contributed by atoms with Gasteiger partial charge in [0.05, 0.1) is 47.6 Å². The highest BCUT2D eigenvalue weighted by Crippen LogP contribution is 2.33. The number of carboxylic acid groups (broad SMARTS) is 1. The summed E-state index contributed by atoms with van der Waals surface area (Å²) < 4.78 is 19.3. The predicted octanol–water partition coefficient (Wildman–Crippen LogP) is 4.33. The lowest BCUT2D eigenvalue weighted by molar-refractivity contribution is 0.0695. The molecule has 2 amide bonds. The van der Waals surface area contributed by atoms with Crippen molar-refractivity contribution < 1.29 is 33.8 Å². The Morgan fingerprint density at radius 1 is 0.782 bits per heavy atom. The van der Waals surface area contributed by atoms with Gasteiger partial charge < -0.3 is 29.4 Å². The van der Waals surface area contributed by atoms with Crippen LogP contribution in [0.25, 0.3) is 22.1 Å². The summed E-state index contributed by atoms with van der Waals surface area (Å²) in [5, 5.41) is 21.7. The summed E-state index contributed by atoms with van der Waals surface area (Å²) >= 11 is 0. The van der Waals surface area contributed by atoms with Gasteiger partial charge in [-0.2, -0.15) is 10.2 Å². The largest absolute Gasteiger partial charge is 0.491 e. The van der Waals surface area contributed by atoms with Gasteiger partial charge in [-0.25, -0.2) is 14.8 Å². The second-order valence-corrected chi connectivity index (χ2v) is 13.1. The molecule has 0 unspecified atom stereocenters. The lowest BCUT2D eigenvalue weighted by atomic mass is 10.1. The molecule has 4 N–H and O–H groups in total. The van der Waals surface area contributed by atoms with Crippen molar-refractivity contribution in [3.8, 4) is 11.5 Å². The molecular formula is C38H40N10O7. The van der Waals surface area contributed by atoms with Crippen molar-refractivity contribution >= 4 is 51.6 Å². The Labute approximate surface area is 314 Å². The van der Waals surface area contributed by atoms with Crippen molar-refractivity contribution in [2.24, 2.45) is 5.73 Å². The highest BCUT2D eigenvalue weighted by molar-refractivity contribution is 6.04. The second-order valence-electron chi connectivity index (χ2n) is 13.1. The Hall–Kier alpha value is -6.78. The fourth-order valence-electron chi connectivity index (χ4n) is 6.76. The number of imidazole rings is 2. The molecule has 0 saturated carbocycles. The molecule has 284 valence electrons. The molecule has 0 saturated heterocycles. The predicted molar refractivity (Wildman–Crippen MR) is 201 cm³/mol. The molecule has 55 heavy (non-hydrogen) atoms. The molecule has 5 heterocycles. The number of aromatic nitrogens is 8. The quantitative estimate of drug-likeness (QED) is 0.140. The van der Waals surface area contributed by atoms with Crippen LogP contribution in [0.5, 0.6) is 11.5 Å². The van der Waals surface area contributed by atoms with Crippen LogP contribution in [0.1, 0.15) is 79.2 Å². The van der Waals surface area contributed by atoms with Gasteiger partial charge >= 0.3 is 5.97 Å². The fraction of sp³-hybridized carbons (Fsp3) is 0.316. The maximum Gasteiger partial charge on any atom is 0.335 e. The number of ether oxygens (including phenoxy) is 2. The Bertz CT molecular complexity index is 2360. The molecule has 0 atom stereocenters. The lowest BCUT2D eigenvalue weighted by Gasteiger charge is -2.13. The van der Waals surface area contributed by atoms with Gasteiger partial charge in [0.1, 0.15) is 39.7 Å². The number of Topliss-reactive ketones (excluding diaryl/α,β-unsaturated/α-hetero) is 1.